The summed E-state index contributed by atoms with van der Waals surface area (Å²) in [7, 11) is 2.66. The lowest BCUT2D eigenvalue weighted by Crippen LogP contribution is -2.52. The molecule has 1 saturated carbocycles. The van der Waals surface area contributed by atoms with Gasteiger partial charge < -0.3 is 24.4 Å². The molecule has 0 amide bonds. The molecule has 176 valence electrons. The minimum Gasteiger partial charge on any atom is -0.497 e. The van der Waals surface area contributed by atoms with Crippen LogP contribution in [-0.2, 0) is 20.7 Å². The van der Waals surface area contributed by atoms with Gasteiger partial charge in [-0.3, -0.25) is 4.79 Å². The first-order chi connectivity index (χ1) is 16.3. The first-order valence-corrected chi connectivity index (χ1v) is 10.7. The van der Waals surface area contributed by atoms with E-state index in [4.69, 9.17) is 14.2 Å². The Balaban J connectivity index is 1.88. The Morgan fingerprint density at radius 1 is 1.03 bits per heavy atom. The van der Waals surface area contributed by atoms with Crippen LogP contribution in [0.4, 0.5) is 8.78 Å². The van der Waals surface area contributed by atoms with E-state index in [2.05, 4.69) is 0 Å². The zero-order valence-corrected chi connectivity index (χ0v) is 18.4. The molecule has 5 rings (SSSR count). The number of hydrogen-bond acceptors (Lipinski definition) is 6. The SMILES string of the molecule is COC(=O)[C@H]1[C@@H](O)[C@@]2(O)c3c(F)cc(F)cc3O[C@@]2(c2ccc(OC)cc2)[C@@H]1c1ccccc1. The largest absolute Gasteiger partial charge is 0.497 e. The third kappa shape index (κ3) is 2.75. The third-order valence-corrected chi connectivity index (χ3v) is 6.95. The van der Waals surface area contributed by atoms with Crippen LogP contribution in [0.3, 0.4) is 0 Å². The number of ether oxygens (including phenoxy) is 3. The summed E-state index contributed by atoms with van der Waals surface area (Å²) in [6, 6.07) is 16.7. The first kappa shape index (κ1) is 22.3. The van der Waals surface area contributed by atoms with Crippen LogP contribution in [-0.4, -0.2) is 36.5 Å². The summed E-state index contributed by atoms with van der Waals surface area (Å²) in [5.74, 6) is -4.88. The van der Waals surface area contributed by atoms with Crippen molar-refractivity contribution in [1.29, 1.82) is 0 Å². The molecule has 0 spiro atoms. The predicted octanol–water partition coefficient (Wildman–Crippen LogP) is 3.40. The summed E-state index contributed by atoms with van der Waals surface area (Å²) in [6.07, 6.45) is -1.84. The van der Waals surface area contributed by atoms with Gasteiger partial charge in [0.25, 0.3) is 0 Å². The Labute approximate surface area is 194 Å². The Morgan fingerprint density at radius 2 is 1.71 bits per heavy atom. The number of hydrogen-bond donors (Lipinski definition) is 2. The van der Waals surface area contributed by atoms with Crippen molar-refractivity contribution in [2.45, 2.75) is 23.2 Å². The standard InChI is InChI=1S/C26H22F2O6/c1-32-17-10-8-15(9-11-17)26-21(14-6-4-3-5-7-14)20(24(30)33-2)23(29)25(26,31)22-18(28)12-16(27)13-19(22)34-26/h3-13,20-21,23,29,31H,1-2H3/t20-,21-,23-,25+,26+/m1/s1. The fourth-order valence-electron chi connectivity index (χ4n) is 5.60. The fraction of sp³-hybridized carbons (Fsp3) is 0.269. The zero-order chi connectivity index (χ0) is 24.3. The molecule has 6 nitrogen and oxygen atoms in total. The van der Waals surface area contributed by atoms with Gasteiger partial charge in [-0.05, 0) is 23.3 Å². The zero-order valence-electron chi connectivity index (χ0n) is 18.4. The van der Waals surface area contributed by atoms with E-state index in [1.165, 1.54) is 14.2 Å². The van der Waals surface area contributed by atoms with Gasteiger partial charge in [-0.1, -0.05) is 42.5 Å². The number of carbonyl (C=O) groups excluding carboxylic acids is 1. The summed E-state index contributed by atoms with van der Waals surface area (Å²) in [4.78, 5) is 13.0. The summed E-state index contributed by atoms with van der Waals surface area (Å²) >= 11 is 0. The van der Waals surface area contributed by atoms with Crippen LogP contribution in [0.5, 0.6) is 11.5 Å². The summed E-state index contributed by atoms with van der Waals surface area (Å²) in [6.45, 7) is 0. The van der Waals surface area contributed by atoms with Crippen molar-refractivity contribution in [3.8, 4) is 11.5 Å². The highest BCUT2D eigenvalue weighted by Crippen LogP contribution is 2.69. The molecular formula is C26H22F2O6. The van der Waals surface area contributed by atoms with Gasteiger partial charge in [0.2, 0.25) is 0 Å². The van der Waals surface area contributed by atoms with Gasteiger partial charge in [-0.25, -0.2) is 8.78 Å². The average molecular weight is 468 g/mol. The van der Waals surface area contributed by atoms with E-state index in [0.29, 0.717) is 22.9 Å². The molecule has 2 aliphatic rings. The van der Waals surface area contributed by atoms with Crippen molar-refractivity contribution in [2.24, 2.45) is 5.92 Å². The van der Waals surface area contributed by atoms with Gasteiger partial charge in [0.1, 0.15) is 29.2 Å². The van der Waals surface area contributed by atoms with E-state index in [1.54, 1.807) is 54.6 Å². The van der Waals surface area contributed by atoms with E-state index < -0.39 is 52.3 Å². The molecule has 2 N–H and O–H groups in total. The van der Waals surface area contributed by atoms with Crippen molar-refractivity contribution >= 4 is 5.97 Å². The number of esters is 1. The van der Waals surface area contributed by atoms with Crippen molar-refractivity contribution in [2.75, 3.05) is 14.2 Å². The van der Waals surface area contributed by atoms with Crippen molar-refractivity contribution in [3.63, 3.8) is 0 Å². The van der Waals surface area contributed by atoms with Gasteiger partial charge in [-0.15, -0.1) is 0 Å². The Hall–Kier alpha value is -3.49. The van der Waals surface area contributed by atoms with Gasteiger partial charge >= 0.3 is 5.97 Å². The molecular weight excluding hydrogens is 446 g/mol. The second kappa shape index (κ2) is 7.78. The van der Waals surface area contributed by atoms with E-state index in [-0.39, 0.29) is 5.75 Å². The first-order valence-electron chi connectivity index (χ1n) is 10.7. The molecule has 0 aromatic heterocycles. The number of methoxy groups -OCH3 is 2. The van der Waals surface area contributed by atoms with Gasteiger partial charge in [0.05, 0.1) is 25.7 Å². The van der Waals surface area contributed by atoms with Crippen LogP contribution >= 0.6 is 0 Å². The lowest BCUT2D eigenvalue weighted by molar-refractivity contribution is -0.161. The lowest BCUT2D eigenvalue weighted by atomic mass is 9.70. The highest BCUT2D eigenvalue weighted by molar-refractivity contribution is 5.78. The van der Waals surface area contributed by atoms with Gasteiger partial charge in [0, 0.05) is 18.1 Å². The molecule has 34 heavy (non-hydrogen) atoms. The second-order valence-corrected chi connectivity index (χ2v) is 8.48. The van der Waals surface area contributed by atoms with E-state index in [9.17, 15) is 19.4 Å². The minimum absolute atomic E-state index is 0.251. The van der Waals surface area contributed by atoms with Crippen LogP contribution in [0.1, 0.15) is 22.6 Å². The molecule has 1 aliphatic heterocycles. The lowest BCUT2D eigenvalue weighted by Gasteiger charge is -2.40. The Morgan fingerprint density at radius 3 is 2.32 bits per heavy atom. The smallest absolute Gasteiger partial charge is 0.312 e. The average Bonchev–Trinajstić information content (AvgIpc) is 3.22. The van der Waals surface area contributed by atoms with Crippen molar-refractivity contribution < 1.29 is 38.0 Å². The molecule has 0 radical (unpaired) electrons. The number of aliphatic hydroxyl groups excluding tert-OH is 1. The van der Waals surface area contributed by atoms with E-state index >= 15 is 4.39 Å². The van der Waals surface area contributed by atoms with Crippen LogP contribution in [0, 0.1) is 17.6 Å². The monoisotopic (exact) mass is 468 g/mol. The molecule has 0 saturated heterocycles. The molecule has 1 heterocycles. The predicted molar refractivity (Wildman–Crippen MR) is 116 cm³/mol. The maximum atomic E-state index is 15.2. The highest BCUT2D eigenvalue weighted by atomic mass is 19.1. The second-order valence-electron chi connectivity index (χ2n) is 8.48. The Kier molecular flexibility index (Phi) is 5.11. The summed E-state index contributed by atoms with van der Waals surface area (Å²) in [5, 5.41) is 23.7. The molecule has 8 heteroatoms. The topological polar surface area (TPSA) is 85.2 Å². The van der Waals surface area contributed by atoms with Gasteiger partial charge in [0.15, 0.2) is 11.2 Å². The number of rotatable bonds is 4. The fourth-order valence-corrected chi connectivity index (χ4v) is 5.60. The summed E-state index contributed by atoms with van der Waals surface area (Å²) < 4.78 is 45.9. The van der Waals surface area contributed by atoms with Crippen LogP contribution in [0.2, 0.25) is 0 Å². The molecule has 0 bridgehead atoms. The maximum Gasteiger partial charge on any atom is 0.312 e. The molecule has 1 fully saturated rings. The number of fused-ring (bicyclic) bond motifs is 3. The third-order valence-electron chi connectivity index (χ3n) is 6.95. The minimum atomic E-state index is -2.45. The normalized spacial score (nSPS) is 29.2. The van der Waals surface area contributed by atoms with Crippen LogP contribution in [0.25, 0.3) is 0 Å². The van der Waals surface area contributed by atoms with Crippen molar-refractivity contribution in [3.05, 3.63) is 95.1 Å². The Bertz CT molecular complexity index is 1250. The number of benzene rings is 3. The molecule has 1 aliphatic carbocycles. The highest BCUT2D eigenvalue weighted by Gasteiger charge is 2.78. The molecule has 3 aromatic carbocycles. The number of halogens is 2. The molecule has 5 atom stereocenters. The van der Waals surface area contributed by atoms with E-state index in [0.717, 1.165) is 6.07 Å². The number of aliphatic hydroxyl groups is 2. The van der Waals surface area contributed by atoms with Crippen molar-refractivity contribution in [1.82, 2.24) is 0 Å². The van der Waals surface area contributed by atoms with E-state index in [1.807, 2.05) is 0 Å². The van der Waals surface area contributed by atoms with Crippen LogP contribution in [0.15, 0.2) is 66.7 Å². The van der Waals surface area contributed by atoms with Crippen LogP contribution < -0.4 is 9.47 Å². The summed E-state index contributed by atoms with van der Waals surface area (Å²) in [5.41, 5.74) is -3.88. The van der Waals surface area contributed by atoms with Gasteiger partial charge in [-0.2, -0.15) is 0 Å². The maximum absolute atomic E-state index is 15.2. The molecule has 0 unspecified atom stereocenters. The quantitative estimate of drug-likeness (QED) is 0.571. The number of carbonyl (C=O) groups is 1. The molecule has 3 aromatic rings.